The van der Waals surface area contributed by atoms with Crippen LogP contribution in [-0.2, 0) is 12.0 Å². The zero-order chi connectivity index (χ0) is 13.9. The number of aromatic nitrogens is 1. The minimum absolute atomic E-state index is 0.213. The van der Waals surface area contributed by atoms with E-state index in [9.17, 15) is 0 Å². The van der Waals surface area contributed by atoms with Crippen LogP contribution in [0.3, 0.4) is 0 Å². The SMILES string of the molecule is CCC(C)(C)c1ccc(OCc2cnc(N)s2)cc1. The fourth-order valence-corrected chi connectivity index (χ4v) is 2.35. The van der Waals surface area contributed by atoms with Gasteiger partial charge in [-0.15, -0.1) is 0 Å². The number of thiazole rings is 1. The van der Waals surface area contributed by atoms with Crippen LogP contribution in [0.25, 0.3) is 0 Å². The summed E-state index contributed by atoms with van der Waals surface area (Å²) in [6.07, 6.45) is 2.88. The quantitative estimate of drug-likeness (QED) is 0.898. The van der Waals surface area contributed by atoms with E-state index < -0.39 is 0 Å². The van der Waals surface area contributed by atoms with Crippen molar-refractivity contribution in [1.29, 1.82) is 0 Å². The normalized spacial score (nSPS) is 11.5. The summed E-state index contributed by atoms with van der Waals surface area (Å²) >= 11 is 1.46. The van der Waals surface area contributed by atoms with Gasteiger partial charge in [0.05, 0.1) is 4.88 Å². The highest BCUT2D eigenvalue weighted by molar-refractivity contribution is 7.15. The maximum atomic E-state index is 5.72. The van der Waals surface area contributed by atoms with E-state index in [1.54, 1.807) is 6.20 Å². The van der Waals surface area contributed by atoms with Gasteiger partial charge in [0.1, 0.15) is 12.4 Å². The Morgan fingerprint density at radius 1 is 1.26 bits per heavy atom. The topological polar surface area (TPSA) is 48.1 Å². The van der Waals surface area contributed by atoms with Crippen molar-refractivity contribution >= 4 is 16.5 Å². The number of nitrogen functional groups attached to an aromatic ring is 1. The first kappa shape index (κ1) is 13.9. The van der Waals surface area contributed by atoms with Crippen LogP contribution < -0.4 is 10.5 Å². The summed E-state index contributed by atoms with van der Waals surface area (Å²) < 4.78 is 5.72. The van der Waals surface area contributed by atoms with Gasteiger partial charge in [-0.3, -0.25) is 0 Å². The minimum atomic E-state index is 0.213. The molecule has 1 aromatic heterocycles. The number of rotatable bonds is 5. The molecule has 0 saturated carbocycles. The molecule has 2 rings (SSSR count). The third-order valence-electron chi connectivity index (χ3n) is 3.47. The smallest absolute Gasteiger partial charge is 0.180 e. The molecule has 102 valence electrons. The number of ether oxygens (including phenoxy) is 1. The molecule has 0 aliphatic rings. The van der Waals surface area contributed by atoms with Crippen LogP contribution in [0.15, 0.2) is 30.5 Å². The molecule has 4 heteroatoms. The molecule has 0 aliphatic heterocycles. The van der Waals surface area contributed by atoms with Gasteiger partial charge in [-0.2, -0.15) is 0 Å². The summed E-state index contributed by atoms with van der Waals surface area (Å²) in [6.45, 7) is 7.23. The molecule has 3 nitrogen and oxygen atoms in total. The van der Waals surface area contributed by atoms with Crippen LogP contribution in [0.2, 0.25) is 0 Å². The lowest BCUT2D eigenvalue weighted by molar-refractivity contribution is 0.309. The molecule has 0 amide bonds. The Labute approximate surface area is 118 Å². The van der Waals surface area contributed by atoms with Crippen LogP contribution >= 0.6 is 11.3 Å². The van der Waals surface area contributed by atoms with Crippen molar-refractivity contribution < 1.29 is 4.74 Å². The third-order valence-corrected chi connectivity index (χ3v) is 4.27. The number of hydrogen-bond acceptors (Lipinski definition) is 4. The van der Waals surface area contributed by atoms with Crippen LogP contribution in [0.5, 0.6) is 5.75 Å². The van der Waals surface area contributed by atoms with Crippen molar-refractivity contribution in [2.45, 2.75) is 39.2 Å². The second-order valence-electron chi connectivity index (χ2n) is 5.22. The standard InChI is InChI=1S/C15H20N2OS/c1-4-15(2,3)11-5-7-12(8-6-11)18-10-13-9-17-14(16)19-13/h5-9H,4,10H2,1-3H3,(H2,16,17). The van der Waals surface area contributed by atoms with Crippen molar-refractivity contribution in [2.24, 2.45) is 0 Å². The average molecular weight is 276 g/mol. The second-order valence-corrected chi connectivity index (χ2v) is 6.36. The molecule has 2 N–H and O–H groups in total. The van der Waals surface area contributed by atoms with Crippen LogP contribution in [0, 0.1) is 0 Å². The zero-order valence-electron chi connectivity index (χ0n) is 11.6. The second kappa shape index (κ2) is 5.61. The van der Waals surface area contributed by atoms with Gasteiger partial charge in [-0.05, 0) is 29.5 Å². The molecule has 0 saturated heterocycles. The highest BCUT2D eigenvalue weighted by atomic mass is 32.1. The Morgan fingerprint density at radius 3 is 2.47 bits per heavy atom. The summed E-state index contributed by atoms with van der Waals surface area (Å²) in [4.78, 5) is 5.04. The van der Waals surface area contributed by atoms with E-state index in [-0.39, 0.29) is 5.41 Å². The average Bonchev–Trinajstić information content (AvgIpc) is 2.83. The third kappa shape index (κ3) is 3.47. The van der Waals surface area contributed by atoms with Crippen molar-refractivity contribution in [3.63, 3.8) is 0 Å². The van der Waals surface area contributed by atoms with Gasteiger partial charge < -0.3 is 10.5 Å². The van der Waals surface area contributed by atoms with Gasteiger partial charge in [0.2, 0.25) is 0 Å². The summed E-state index contributed by atoms with van der Waals surface area (Å²) in [7, 11) is 0. The first-order valence-corrected chi connectivity index (χ1v) is 7.26. The number of nitrogens with two attached hydrogens (primary N) is 1. The van der Waals surface area contributed by atoms with E-state index in [0.717, 1.165) is 17.0 Å². The minimum Gasteiger partial charge on any atom is -0.488 e. The van der Waals surface area contributed by atoms with Gasteiger partial charge in [-0.1, -0.05) is 44.2 Å². The number of anilines is 1. The Bertz CT molecular complexity index is 531. The predicted octanol–water partition coefficient (Wildman–Crippen LogP) is 3.99. The molecule has 0 atom stereocenters. The maximum Gasteiger partial charge on any atom is 0.180 e. The van der Waals surface area contributed by atoms with Gasteiger partial charge in [0, 0.05) is 6.20 Å². The van der Waals surface area contributed by atoms with E-state index in [2.05, 4.69) is 37.9 Å². The van der Waals surface area contributed by atoms with Gasteiger partial charge >= 0.3 is 0 Å². The van der Waals surface area contributed by atoms with E-state index in [0.29, 0.717) is 11.7 Å². The van der Waals surface area contributed by atoms with Crippen molar-refractivity contribution in [3.05, 3.63) is 40.9 Å². The highest BCUT2D eigenvalue weighted by Crippen LogP contribution is 2.28. The van der Waals surface area contributed by atoms with Crippen molar-refractivity contribution in [3.8, 4) is 5.75 Å². The summed E-state index contributed by atoms with van der Waals surface area (Å²) in [5.41, 5.74) is 7.13. The molecule has 0 fully saturated rings. The van der Waals surface area contributed by atoms with Crippen molar-refractivity contribution in [1.82, 2.24) is 4.98 Å². The fourth-order valence-electron chi connectivity index (χ4n) is 1.75. The lowest BCUT2D eigenvalue weighted by Crippen LogP contribution is -2.14. The van der Waals surface area contributed by atoms with Crippen LogP contribution in [-0.4, -0.2) is 4.98 Å². The van der Waals surface area contributed by atoms with Gasteiger partial charge in [-0.25, -0.2) is 4.98 Å². The monoisotopic (exact) mass is 276 g/mol. The lowest BCUT2D eigenvalue weighted by Gasteiger charge is -2.23. The molecule has 1 aromatic carbocycles. The number of nitrogens with zero attached hydrogens (tertiary/aromatic N) is 1. The first-order chi connectivity index (χ1) is 9.01. The van der Waals surface area contributed by atoms with E-state index in [1.165, 1.54) is 16.9 Å². The Balaban J connectivity index is 1.99. The molecule has 0 radical (unpaired) electrons. The molecule has 0 unspecified atom stereocenters. The number of benzene rings is 1. The molecule has 2 aromatic rings. The van der Waals surface area contributed by atoms with E-state index in [4.69, 9.17) is 10.5 Å². The van der Waals surface area contributed by atoms with Crippen LogP contribution in [0.4, 0.5) is 5.13 Å². The molecule has 0 aliphatic carbocycles. The summed E-state index contributed by atoms with van der Waals surface area (Å²) in [6, 6.07) is 8.33. The van der Waals surface area contributed by atoms with Gasteiger partial charge in [0.25, 0.3) is 0 Å². The first-order valence-electron chi connectivity index (χ1n) is 6.45. The Kier molecular flexibility index (Phi) is 4.10. The molecular weight excluding hydrogens is 256 g/mol. The summed E-state index contributed by atoms with van der Waals surface area (Å²) in [5.74, 6) is 0.877. The molecule has 19 heavy (non-hydrogen) atoms. The Morgan fingerprint density at radius 2 is 1.95 bits per heavy atom. The predicted molar refractivity (Wildman–Crippen MR) is 80.6 cm³/mol. The molecule has 0 bridgehead atoms. The van der Waals surface area contributed by atoms with Crippen molar-refractivity contribution in [2.75, 3.05) is 5.73 Å². The highest BCUT2D eigenvalue weighted by Gasteiger charge is 2.17. The Hall–Kier alpha value is -1.55. The van der Waals surface area contributed by atoms with Crippen LogP contribution in [0.1, 0.15) is 37.6 Å². The fraction of sp³-hybridized carbons (Fsp3) is 0.400. The molecule has 0 spiro atoms. The molecular formula is C15H20N2OS. The maximum absolute atomic E-state index is 5.72. The lowest BCUT2D eigenvalue weighted by atomic mass is 9.82. The number of hydrogen-bond donors (Lipinski definition) is 1. The summed E-state index contributed by atoms with van der Waals surface area (Å²) in [5, 5.41) is 0.582. The molecule has 1 heterocycles. The zero-order valence-corrected chi connectivity index (χ0v) is 12.5. The van der Waals surface area contributed by atoms with E-state index >= 15 is 0 Å². The van der Waals surface area contributed by atoms with Gasteiger partial charge in [0.15, 0.2) is 5.13 Å². The largest absolute Gasteiger partial charge is 0.488 e. The van der Waals surface area contributed by atoms with E-state index in [1.807, 2.05) is 12.1 Å².